The SMILES string of the molecule is CCOc1ccc(N(CC(=O)N(Cc2cccc(Cl)c2)C(Cc2ccccc2)C(=O)NC(C)CC)S(=O)(=O)c2ccc(Br)cc2)cc1. The number of halogens is 2. The lowest BCUT2D eigenvalue weighted by atomic mass is 10.0. The molecule has 4 aromatic rings. The Morgan fingerprint density at radius 2 is 1.55 bits per heavy atom. The lowest BCUT2D eigenvalue weighted by Crippen LogP contribution is -2.54. The van der Waals surface area contributed by atoms with Gasteiger partial charge in [0.2, 0.25) is 11.8 Å². The van der Waals surface area contributed by atoms with Crippen molar-refractivity contribution in [3.05, 3.63) is 124 Å². The molecule has 0 aliphatic heterocycles. The van der Waals surface area contributed by atoms with Crippen LogP contribution in [0.1, 0.15) is 38.3 Å². The van der Waals surface area contributed by atoms with E-state index in [9.17, 15) is 18.0 Å². The van der Waals surface area contributed by atoms with E-state index in [1.807, 2.05) is 57.2 Å². The summed E-state index contributed by atoms with van der Waals surface area (Å²) in [4.78, 5) is 30.0. The Morgan fingerprint density at radius 3 is 2.17 bits per heavy atom. The van der Waals surface area contributed by atoms with Crippen LogP contribution in [0.15, 0.2) is 112 Å². The molecule has 0 spiro atoms. The van der Waals surface area contributed by atoms with Gasteiger partial charge in [0.1, 0.15) is 18.3 Å². The van der Waals surface area contributed by atoms with Crippen LogP contribution in [0.5, 0.6) is 5.75 Å². The molecule has 2 atom stereocenters. The zero-order valence-corrected chi connectivity index (χ0v) is 29.8. The first kappa shape index (κ1) is 36.0. The maximum atomic E-state index is 14.6. The molecule has 8 nitrogen and oxygen atoms in total. The van der Waals surface area contributed by atoms with Crippen molar-refractivity contribution in [3.8, 4) is 5.75 Å². The molecule has 0 heterocycles. The van der Waals surface area contributed by atoms with Crippen LogP contribution in [-0.2, 0) is 32.6 Å². The van der Waals surface area contributed by atoms with Crippen molar-refractivity contribution < 1.29 is 22.7 Å². The molecular formula is C36H39BrClN3O5S. The molecule has 0 aromatic heterocycles. The number of amides is 2. The van der Waals surface area contributed by atoms with Gasteiger partial charge in [0.25, 0.3) is 10.0 Å². The summed E-state index contributed by atoms with van der Waals surface area (Å²) in [5.41, 5.74) is 1.83. The van der Waals surface area contributed by atoms with Crippen LogP contribution in [-0.4, -0.2) is 50.4 Å². The van der Waals surface area contributed by atoms with Crippen LogP contribution in [0.4, 0.5) is 5.69 Å². The number of hydrogen-bond donors (Lipinski definition) is 1. The highest BCUT2D eigenvalue weighted by atomic mass is 79.9. The molecule has 0 saturated heterocycles. The number of sulfonamides is 1. The zero-order valence-electron chi connectivity index (χ0n) is 26.6. The van der Waals surface area contributed by atoms with Crippen molar-refractivity contribution in [2.45, 2.75) is 57.1 Å². The Kier molecular flexibility index (Phi) is 12.9. The average Bonchev–Trinajstić information content (AvgIpc) is 3.06. The van der Waals surface area contributed by atoms with Gasteiger partial charge in [-0.05, 0) is 92.1 Å². The van der Waals surface area contributed by atoms with Crippen molar-refractivity contribution in [1.29, 1.82) is 0 Å². The van der Waals surface area contributed by atoms with Gasteiger partial charge < -0.3 is 15.0 Å². The highest BCUT2D eigenvalue weighted by Gasteiger charge is 2.35. The first-order chi connectivity index (χ1) is 22.5. The highest BCUT2D eigenvalue weighted by molar-refractivity contribution is 9.10. The molecule has 0 aliphatic carbocycles. The number of rotatable bonds is 15. The monoisotopic (exact) mass is 739 g/mol. The maximum Gasteiger partial charge on any atom is 0.264 e. The number of carbonyl (C=O) groups is 2. The quantitative estimate of drug-likeness (QED) is 0.139. The molecule has 0 fully saturated rings. The smallest absolute Gasteiger partial charge is 0.264 e. The average molecular weight is 741 g/mol. The van der Waals surface area contributed by atoms with E-state index in [4.69, 9.17) is 16.3 Å². The Morgan fingerprint density at radius 1 is 0.894 bits per heavy atom. The maximum absolute atomic E-state index is 14.6. The summed E-state index contributed by atoms with van der Waals surface area (Å²) in [5, 5.41) is 3.52. The van der Waals surface area contributed by atoms with Crippen LogP contribution < -0.4 is 14.4 Å². The van der Waals surface area contributed by atoms with E-state index in [1.165, 1.54) is 17.0 Å². The van der Waals surface area contributed by atoms with E-state index in [1.54, 1.807) is 54.6 Å². The molecule has 4 rings (SSSR count). The number of hydrogen-bond acceptors (Lipinski definition) is 5. The summed E-state index contributed by atoms with van der Waals surface area (Å²) in [6.45, 7) is 5.63. The molecule has 11 heteroatoms. The van der Waals surface area contributed by atoms with Crippen LogP contribution in [0, 0.1) is 0 Å². The largest absolute Gasteiger partial charge is 0.494 e. The Bertz CT molecular complexity index is 1740. The minimum atomic E-state index is -4.23. The number of ether oxygens (including phenoxy) is 1. The molecule has 0 aliphatic rings. The third-order valence-corrected chi connectivity index (χ3v) is 10.2. The normalized spacial score (nSPS) is 12.5. The summed E-state index contributed by atoms with van der Waals surface area (Å²) in [6.07, 6.45) is 0.918. The molecular weight excluding hydrogens is 702 g/mol. The molecule has 1 N–H and O–H groups in total. The molecule has 0 saturated carbocycles. The lowest BCUT2D eigenvalue weighted by molar-refractivity contribution is -0.140. The second kappa shape index (κ2) is 16.8. The summed E-state index contributed by atoms with van der Waals surface area (Å²) in [6, 6.07) is 28.2. The highest BCUT2D eigenvalue weighted by Crippen LogP contribution is 2.28. The standard InChI is InChI=1S/C36H39BrClN3O5S/c1-4-26(3)39-36(43)34(23-27-10-7-6-8-11-27)40(24-28-12-9-13-30(38)22-28)35(42)25-41(31-16-18-32(19-17-31)46-5-2)47(44,45)33-20-14-29(37)15-21-33/h6-22,26,34H,4-5,23-25H2,1-3H3,(H,39,43). The van der Waals surface area contributed by atoms with Gasteiger partial charge in [0, 0.05) is 28.5 Å². The Hall–Kier alpha value is -3.86. The zero-order chi connectivity index (χ0) is 34.0. The predicted molar refractivity (Wildman–Crippen MR) is 190 cm³/mol. The fraction of sp³-hybridized carbons (Fsp3) is 0.278. The van der Waals surface area contributed by atoms with Gasteiger partial charge in [-0.3, -0.25) is 13.9 Å². The fourth-order valence-electron chi connectivity index (χ4n) is 4.96. The summed E-state index contributed by atoms with van der Waals surface area (Å²) in [7, 11) is -4.23. The third kappa shape index (κ3) is 9.82. The molecule has 0 radical (unpaired) electrons. The molecule has 47 heavy (non-hydrogen) atoms. The van der Waals surface area contributed by atoms with Crippen molar-refractivity contribution in [2.75, 3.05) is 17.5 Å². The van der Waals surface area contributed by atoms with E-state index < -0.39 is 28.5 Å². The van der Waals surface area contributed by atoms with Crippen LogP contribution in [0.3, 0.4) is 0 Å². The number of carbonyl (C=O) groups excluding carboxylic acids is 2. The summed E-state index contributed by atoms with van der Waals surface area (Å²) < 4.78 is 35.8. The van der Waals surface area contributed by atoms with Crippen molar-refractivity contribution in [3.63, 3.8) is 0 Å². The topological polar surface area (TPSA) is 96.0 Å². The van der Waals surface area contributed by atoms with Gasteiger partial charge >= 0.3 is 0 Å². The lowest BCUT2D eigenvalue weighted by Gasteiger charge is -2.34. The molecule has 248 valence electrons. The minimum Gasteiger partial charge on any atom is -0.494 e. The molecule has 2 unspecified atom stereocenters. The van der Waals surface area contributed by atoms with Gasteiger partial charge in [0.05, 0.1) is 17.2 Å². The first-order valence-electron chi connectivity index (χ1n) is 15.4. The second-order valence-electron chi connectivity index (χ2n) is 11.1. The van der Waals surface area contributed by atoms with Crippen LogP contribution in [0.2, 0.25) is 5.02 Å². The van der Waals surface area contributed by atoms with Crippen molar-refractivity contribution in [1.82, 2.24) is 10.2 Å². The van der Waals surface area contributed by atoms with E-state index >= 15 is 0 Å². The van der Waals surface area contributed by atoms with E-state index in [2.05, 4.69) is 21.2 Å². The summed E-state index contributed by atoms with van der Waals surface area (Å²) in [5.74, 6) is -0.322. The number of benzene rings is 4. The van der Waals surface area contributed by atoms with Gasteiger partial charge in [-0.25, -0.2) is 8.42 Å². The number of nitrogens with one attached hydrogen (secondary N) is 1. The van der Waals surface area contributed by atoms with Gasteiger partial charge in [-0.15, -0.1) is 0 Å². The second-order valence-corrected chi connectivity index (χ2v) is 14.3. The number of anilines is 1. The Balaban J connectivity index is 1.81. The van der Waals surface area contributed by atoms with Crippen molar-refractivity contribution >= 4 is 55.1 Å². The first-order valence-corrected chi connectivity index (χ1v) is 18.0. The molecule has 2 amide bonds. The minimum absolute atomic E-state index is 0.0131. The van der Waals surface area contributed by atoms with E-state index in [0.29, 0.717) is 33.8 Å². The van der Waals surface area contributed by atoms with Crippen molar-refractivity contribution in [2.24, 2.45) is 0 Å². The van der Waals surface area contributed by atoms with Gasteiger partial charge in [-0.1, -0.05) is 76.9 Å². The third-order valence-electron chi connectivity index (χ3n) is 7.63. The molecule has 4 aromatic carbocycles. The number of nitrogens with zero attached hydrogens (tertiary/aromatic N) is 2. The van der Waals surface area contributed by atoms with E-state index in [-0.39, 0.29) is 35.5 Å². The molecule has 0 bridgehead atoms. The predicted octanol–water partition coefficient (Wildman–Crippen LogP) is 7.25. The van der Waals surface area contributed by atoms with Gasteiger partial charge in [0.15, 0.2) is 0 Å². The van der Waals surface area contributed by atoms with E-state index in [0.717, 1.165) is 9.87 Å². The van der Waals surface area contributed by atoms with Gasteiger partial charge in [-0.2, -0.15) is 0 Å². The van der Waals surface area contributed by atoms with Crippen LogP contribution >= 0.6 is 27.5 Å². The summed E-state index contributed by atoms with van der Waals surface area (Å²) >= 11 is 9.68. The van der Waals surface area contributed by atoms with Crippen LogP contribution in [0.25, 0.3) is 0 Å². The fourth-order valence-corrected chi connectivity index (χ4v) is 6.86. The Labute approximate surface area is 290 Å².